The highest BCUT2D eigenvalue weighted by Crippen LogP contribution is 2.44. The second-order valence-electron chi connectivity index (χ2n) is 6.51. The summed E-state index contributed by atoms with van der Waals surface area (Å²) in [6, 6.07) is 4.66. The van der Waals surface area contributed by atoms with E-state index in [1.807, 2.05) is 5.32 Å². The van der Waals surface area contributed by atoms with Crippen molar-refractivity contribution < 1.29 is 44.3 Å². The highest BCUT2D eigenvalue weighted by Gasteiger charge is 2.44. The topological polar surface area (TPSA) is 29.1 Å². The van der Waals surface area contributed by atoms with Gasteiger partial charge in [-0.3, -0.25) is 4.79 Å². The van der Waals surface area contributed by atoms with Gasteiger partial charge in [0.2, 0.25) is 0 Å². The Bertz CT molecular complexity index is 1170. The van der Waals surface area contributed by atoms with Crippen LogP contribution in [0.25, 0.3) is 0 Å². The van der Waals surface area contributed by atoms with Crippen molar-refractivity contribution in [2.75, 3.05) is 5.32 Å². The normalized spacial score (nSPS) is 12.0. The molecule has 0 saturated carbocycles. The minimum absolute atomic E-state index is 0.223. The van der Waals surface area contributed by atoms with Crippen LogP contribution in [0.15, 0.2) is 54.6 Å². The SMILES string of the molecule is O=C(Nc1ccc(C(F)(F)c2ccccc2C(F)(F)F)c(F)c1)c1c(F)cc(F)cc1F. The summed E-state index contributed by atoms with van der Waals surface area (Å²) in [5, 5.41) is 1.85. The Kier molecular flexibility index (Phi) is 5.94. The van der Waals surface area contributed by atoms with E-state index in [-0.39, 0.29) is 12.1 Å². The van der Waals surface area contributed by atoms with Gasteiger partial charge in [-0.15, -0.1) is 0 Å². The molecule has 32 heavy (non-hydrogen) atoms. The average molecular weight is 463 g/mol. The molecule has 0 fully saturated rings. The molecule has 0 saturated heterocycles. The van der Waals surface area contributed by atoms with E-state index in [9.17, 15) is 44.3 Å². The fraction of sp³-hybridized carbons (Fsp3) is 0.0952. The van der Waals surface area contributed by atoms with Crippen LogP contribution in [0.1, 0.15) is 27.0 Å². The van der Waals surface area contributed by atoms with E-state index < -0.39 is 69.2 Å². The molecule has 1 N–H and O–H groups in total. The zero-order chi connectivity index (χ0) is 23.8. The van der Waals surface area contributed by atoms with Crippen molar-refractivity contribution >= 4 is 11.6 Å². The lowest BCUT2D eigenvalue weighted by Crippen LogP contribution is -2.23. The number of hydrogen-bond acceptors (Lipinski definition) is 1. The van der Waals surface area contributed by atoms with E-state index >= 15 is 0 Å². The third kappa shape index (κ3) is 4.41. The number of benzene rings is 3. The molecule has 0 atom stereocenters. The van der Waals surface area contributed by atoms with Crippen LogP contribution in [0.5, 0.6) is 0 Å². The number of anilines is 1. The molecule has 0 heterocycles. The quantitative estimate of drug-likeness (QED) is 0.431. The van der Waals surface area contributed by atoms with Crippen LogP contribution in [0.2, 0.25) is 0 Å². The van der Waals surface area contributed by atoms with Crippen LogP contribution in [0.3, 0.4) is 0 Å². The predicted molar refractivity (Wildman–Crippen MR) is 95.1 cm³/mol. The molecule has 3 aromatic carbocycles. The molecule has 0 aromatic heterocycles. The van der Waals surface area contributed by atoms with Crippen LogP contribution >= 0.6 is 0 Å². The highest BCUT2D eigenvalue weighted by molar-refractivity contribution is 6.04. The van der Waals surface area contributed by atoms with Crippen molar-refractivity contribution in [3.8, 4) is 0 Å². The number of rotatable bonds is 4. The first-order chi connectivity index (χ1) is 14.8. The molecule has 0 unspecified atom stereocenters. The largest absolute Gasteiger partial charge is 0.416 e. The first-order valence-corrected chi connectivity index (χ1v) is 8.63. The van der Waals surface area contributed by atoms with Crippen molar-refractivity contribution in [1.29, 1.82) is 0 Å². The summed E-state index contributed by atoms with van der Waals surface area (Å²) in [4.78, 5) is 12.0. The Hall–Kier alpha value is -3.50. The maximum absolute atomic E-state index is 14.8. The number of hydrogen-bond donors (Lipinski definition) is 1. The summed E-state index contributed by atoms with van der Waals surface area (Å²) in [7, 11) is 0. The molecular weight excluding hydrogens is 453 g/mol. The fourth-order valence-corrected chi connectivity index (χ4v) is 2.95. The van der Waals surface area contributed by atoms with E-state index in [1.165, 1.54) is 0 Å². The van der Waals surface area contributed by atoms with Gasteiger partial charge in [0, 0.05) is 23.4 Å². The number of nitrogens with one attached hydrogen (secondary N) is 1. The summed E-state index contributed by atoms with van der Waals surface area (Å²) in [6.45, 7) is 0. The third-order valence-corrected chi connectivity index (χ3v) is 4.37. The Balaban J connectivity index is 1.95. The molecule has 0 aliphatic rings. The molecule has 168 valence electrons. The van der Waals surface area contributed by atoms with Crippen molar-refractivity contribution in [2.24, 2.45) is 0 Å². The Morgan fingerprint density at radius 1 is 0.688 bits per heavy atom. The van der Waals surface area contributed by atoms with E-state index in [0.29, 0.717) is 30.3 Å². The lowest BCUT2D eigenvalue weighted by molar-refractivity contribution is -0.141. The van der Waals surface area contributed by atoms with Crippen LogP contribution in [0, 0.1) is 23.3 Å². The Morgan fingerprint density at radius 3 is 1.78 bits per heavy atom. The molecule has 2 nitrogen and oxygen atoms in total. The summed E-state index contributed by atoms with van der Waals surface area (Å²) in [5.41, 5.74) is -6.31. The fourth-order valence-electron chi connectivity index (χ4n) is 2.95. The van der Waals surface area contributed by atoms with Crippen molar-refractivity contribution in [3.05, 3.63) is 100 Å². The van der Waals surface area contributed by atoms with Crippen LogP contribution < -0.4 is 5.32 Å². The lowest BCUT2D eigenvalue weighted by Gasteiger charge is -2.22. The van der Waals surface area contributed by atoms with Crippen LogP contribution in [0.4, 0.5) is 45.2 Å². The minimum atomic E-state index is -5.13. The van der Waals surface area contributed by atoms with Gasteiger partial charge in [0.25, 0.3) is 5.91 Å². The van der Waals surface area contributed by atoms with Crippen LogP contribution in [-0.2, 0) is 12.1 Å². The highest BCUT2D eigenvalue weighted by atomic mass is 19.4. The molecule has 0 bridgehead atoms. The lowest BCUT2D eigenvalue weighted by atomic mass is 9.95. The zero-order valence-corrected chi connectivity index (χ0v) is 15.5. The number of carbonyl (C=O) groups is 1. The van der Waals surface area contributed by atoms with E-state index in [2.05, 4.69) is 0 Å². The molecule has 0 radical (unpaired) electrons. The van der Waals surface area contributed by atoms with E-state index in [0.717, 1.165) is 12.1 Å². The first-order valence-electron chi connectivity index (χ1n) is 8.63. The zero-order valence-electron chi connectivity index (χ0n) is 15.5. The van der Waals surface area contributed by atoms with Gasteiger partial charge < -0.3 is 5.32 Å². The van der Waals surface area contributed by atoms with Gasteiger partial charge >= 0.3 is 12.1 Å². The monoisotopic (exact) mass is 463 g/mol. The summed E-state index contributed by atoms with van der Waals surface area (Å²) in [6.07, 6.45) is -5.13. The molecule has 0 spiro atoms. The summed E-state index contributed by atoms with van der Waals surface area (Å²) >= 11 is 0. The number of carbonyl (C=O) groups excluding carboxylic acids is 1. The second kappa shape index (κ2) is 8.21. The van der Waals surface area contributed by atoms with Crippen molar-refractivity contribution in [3.63, 3.8) is 0 Å². The Morgan fingerprint density at radius 2 is 1.25 bits per heavy atom. The number of amides is 1. The Labute approximate surface area is 174 Å². The van der Waals surface area contributed by atoms with Gasteiger partial charge in [-0.05, 0) is 24.3 Å². The van der Waals surface area contributed by atoms with Gasteiger partial charge in [-0.2, -0.15) is 22.0 Å². The minimum Gasteiger partial charge on any atom is -0.322 e. The molecule has 11 heteroatoms. The van der Waals surface area contributed by atoms with Gasteiger partial charge in [-0.25, -0.2) is 17.6 Å². The third-order valence-electron chi connectivity index (χ3n) is 4.37. The number of halogens is 9. The van der Waals surface area contributed by atoms with Crippen LogP contribution in [-0.4, -0.2) is 5.91 Å². The molecule has 1 amide bonds. The average Bonchev–Trinajstić information content (AvgIpc) is 2.66. The van der Waals surface area contributed by atoms with Crippen molar-refractivity contribution in [1.82, 2.24) is 0 Å². The van der Waals surface area contributed by atoms with Gasteiger partial charge in [0.15, 0.2) is 0 Å². The molecular formula is C21H10F9NO. The molecule has 3 rings (SSSR count). The maximum atomic E-state index is 14.8. The van der Waals surface area contributed by atoms with Gasteiger partial charge in [-0.1, -0.05) is 18.2 Å². The maximum Gasteiger partial charge on any atom is 0.416 e. The van der Waals surface area contributed by atoms with Gasteiger partial charge in [0.05, 0.1) is 11.1 Å². The smallest absolute Gasteiger partial charge is 0.322 e. The second-order valence-corrected chi connectivity index (χ2v) is 6.51. The summed E-state index contributed by atoms with van der Waals surface area (Å²) in [5.74, 6) is -12.0. The molecule has 3 aromatic rings. The predicted octanol–water partition coefficient (Wildman–Crippen LogP) is 6.65. The van der Waals surface area contributed by atoms with E-state index in [4.69, 9.17) is 0 Å². The van der Waals surface area contributed by atoms with E-state index in [1.54, 1.807) is 0 Å². The first kappa shape index (κ1) is 23.2. The molecule has 0 aliphatic heterocycles. The van der Waals surface area contributed by atoms with Crippen molar-refractivity contribution in [2.45, 2.75) is 12.1 Å². The molecule has 0 aliphatic carbocycles. The standard InChI is InChI=1S/C21H10F9NO/c22-10-7-16(24)18(17(25)8-10)19(32)31-11-5-6-14(15(23)9-11)20(26,27)12-3-1-2-4-13(12)21(28,29)30/h1-9H,(H,31,32). The number of alkyl halides is 5. The summed E-state index contributed by atoms with van der Waals surface area (Å²) < 4.78 is 124. The van der Waals surface area contributed by atoms with Gasteiger partial charge in [0.1, 0.15) is 28.8 Å².